The summed E-state index contributed by atoms with van der Waals surface area (Å²) in [5.74, 6) is -0.792. The predicted molar refractivity (Wildman–Crippen MR) is 69.4 cm³/mol. The number of aliphatic carboxylic acids is 1. The molecule has 0 aromatic heterocycles. The number of carbonyl (C=O) groups is 1. The van der Waals surface area contributed by atoms with Gasteiger partial charge in [0.05, 0.1) is 6.42 Å². The molecule has 86 valence electrons. The first-order valence-corrected chi connectivity index (χ1v) is 6.01. The number of carboxylic acid groups (broad SMARTS) is 1. The third-order valence-electron chi connectivity index (χ3n) is 2.43. The summed E-state index contributed by atoms with van der Waals surface area (Å²) in [6.07, 6.45) is 2.71. The van der Waals surface area contributed by atoms with E-state index in [0.29, 0.717) is 0 Å². The number of rotatable bonds is 4. The number of allylic oxidation sites excluding steroid dienone is 1. The van der Waals surface area contributed by atoms with Gasteiger partial charge in [-0.15, -0.1) is 0 Å². The number of hydrogen-bond acceptors (Lipinski definition) is 1. The maximum Gasteiger partial charge on any atom is 0.307 e. The van der Waals surface area contributed by atoms with E-state index < -0.39 is 5.97 Å². The Balaban J connectivity index is 2.99. The van der Waals surface area contributed by atoms with Gasteiger partial charge in [-0.3, -0.25) is 4.79 Å². The van der Waals surface area contributed by atoms with Gasteiger partial charge in [0.15, 0.2) is 0 Å². The summed E-state index contributed by atoms with van der Waals surface area (Å²) in [6, 6.07) is 6.07. The SMILES string of the molecule is CC/C(=C\CC(=O)O)c1ccc(Br)c(C)c1. The molecule has 0 amide bonds. The predicted octanol–water partition coefficient (Wildman–Crippen LogP) is 4.03. The first kappa shape index (κ1) is 13.0. The largest absolute Gasteiger partial charge is 0.481 e. The zero-order valence-corrected chi connectivity index (χ0v) is 11.0. The Morgan fingerprint density at radius 3 is 2.69 bits per heavy atom. The van der Waals surface area contributed by atoms with Crippen LogP contribution in [0.4, 0.5) is 0 Å². The Labute approximate surface area is 104 Å². The number of halogens is 1. The summed E-state index contributed by atoms with van der Waals surface area (Å²) < 4.78 is 1.07. The monoisotopic (exact) mass is 282 g/mol. The fraction of sp³-hybridized carbons (Fsp3) is 0.308. The van der Waals surface area contributed by atoms with Gasteiger partial charge in [-0.2, -0.15) is 0 Å². The number of carboxylic acids is 1. The van der Waals surface area contributed by atoms with Crippen LogP contribution in [0.25, 0.3) is 5.57 Å². The molecule has 0 aliphatic carbocycles. The molecule has 0 unspecified atom stereocenters. The summed E-state index contributed by atoms with van der Waals surface area (Å²) in [6.45, 7) is 4.06. The maximum atomic E-state index is 10.5. The van der Waals surface area contributed by atoms with E-state index in [4.69, 9.17) is 5.11 Å². The van der Waals surface area contributed by atoms with Gasteiger partial charge in [0.1, 0.15) is 0 Å². The van der Waals surface area contributed by atoms with Gasteiger partial charge in [-0.25, -0.2) is 0 Å². The lowest BCUT2D eigenvalue weighted by atomic mass is 10.0. The van der Waals surface area contributed by atoms with Crippen LogP contribution in [0.15, 0.2) is 28.7 Å². The van der Waals surface area contributed by atoms with Crippen molar-refractivity contribution in [3.8, 4) is 0 Å². The zero-order chi connectivity index (χ0) is 12.1. The van der Waals surface area contributed by atoms with Gasteiger partial charge in [-0.1, -0.05) is 41.1 Å². The Morgan fingerprint density at radius 1 is 1.50 bits per heavy atom. The van der Waals surface area contributed by atoms with Gasteiger partial charge in [0.2, 0.25) is 0 Å². The molecule has 1 N–H and O–H groups in total. The van der Waals surface area contributed by atoms with Crippen molar-refractivity contribution in [3.05, 3.63) is 39.9 Å². The molecule has 0 spiro atoms. The average Bonchev–Trinajstić information content (AvgIpc) is 2.23. The Kier molecular flexibility index (Phi) is 4.74. The molecule has 2 nitrogen and oxygen atoms in total. The third-order valence-corrected chi connectivity index (χ3v) is 3.32. The normalized spacial score (nSPS) is 11.6. The highest BCUT2D eigenvalue weighted by Gasteiger charge is 2.03. The molecule has 0 saturated carbocycles. The highest BCUT2D eigenvalue weighted by Crippen LogP contribution is 2.24. The molecule has 1 aromatic carbocycles. The van der Waals surface area contributed by atoms with Crippen LogP contribution in [0.3, 0.4) is 0 Å². The van der Waals surface area contributed by atoms with E-state index in [-0.39, 0.29) is 6.42 Å². The van der Waals surface area contributed by atoms with E-state index in [9.17, 15) is 4.79 Å². The third kappa shape index (κ3) is 3.49. The summed E-state index contributed by atoms with van der Waals surface area (Å²) in [5.41, 5.74) is 3.34. The minimum Gasteiger partial charge on any atom is -0.481 e. The fourth-order valence-electron chi connectivity index (χ4n) is 1.52. The van der Waals surface area contributed by atoms with Crippen LogP contribution in [-0.2, 0) is 4.79 Å². The van der Waals surface area contributed by atoms with Crippen molar-refractivity contribution in [2.24, 2.45) is 0 Å². The van der Waals surface area contributed by atoms with Gasteiger partial charge in [0, 0.05) is 4.47 Å². The van der Waals surface area contributed by atoms with Crippen LogP contribution in [0.5, 0.6) is 0 Å². The highest BCUT2D eigenvalue weighted by molar-refractivity contribution is 9.10. The van der Waals surface area contributed by atoms with Crippen LogP contribution >= 0.6 is 15.9 Å². The van der Waals surface area contributed by atoms with Crippen molar-refractivity contribution < 1.29 is 9.90 Å². The Morgan fingerprint density at radius 2 is 2.19 bits per heavy atom. The van der Waals surface area contributed by atoms with Gasteiger partial charge < -0.3 is 5.11 Å². The lowest BCUT2D eigenvalue weighted by molar-refractivity contribution is -0.135. The van der Waals surface area contributed by atoms with E-state index in [1.807, 2.05) is 26.0 Å². The summed E-state index contributed by atoms with van der Waals surface area (Å²) in [4.78, 5) is 10.5. The van der Waals surface area contributed by atoms with Gasteiger partial charge in [-0.05, 0) is 36.1 Å². The van der Waals surface area contributed by atoms with E-state index in [2.05, 4.69) is 22.0 Å². The number of hydrogen-bond donors (Lipinski definition) is 1. The summed E-state index contributed by atoms with van der Waals surface area (Å²) >= 11 is 3.45. The van der Waals surface area contributed by atoms with Crippen molar-refractivity contribution >= 4 is 27.5 Å². The molecular formula is C13H15BrO2. The summed E-state index contributed by atoms with van der Waals surface area (Å²) in [5, 5.41) is 8.65. The smallest absolute Gasteiger partial charge is 0.307 e. The van der Waals surface area contributed by atoms with Crippen LogP contribution < -0.4 is 0 Å². The molecule has 16 heavy (non-hydrogen) atoms. The lowest BCUT2D eigenvalue weighted by Gasteiger charge is -2.07. The quantitative estimate of drug-likeness (QED) is 0.906. The maximum absolute atomic E-state index is 10.5. The topological polar surface area (TPSA) is 37.3 Å². The molecule has 0 radical (unpaired) electrons. The molecule has 0 heterocycles. The Hall–Kier alpha value is -1.09. The molecule has 0 atom stereocenters. The van der Waals surface area contributed by atoms with E-state index in [1.54, 1.807) is 6.08 Å². The fourth-order valence-corrected chi connectivity index (χ4v) is 1.77. The van der Waals surface area contributed by atoms with E-state index in [0.717, 1.165) is 27.6 Å². The zero-order valence-electron chi connectivity index (χ0n) is 9.46. The van der Waals surface area contributed by atoms with Gasteiger partial charge >= 0.3 is 5.97 Å². The van der Waals surface area contributed by atoms with Crippen LogP contribution in [0.1, 0.15) is 30.9 Å². The second kappa shape index (κ2) is 5.85. The molecule has 1 rings (SSSR count). The minimum atomic E-state index is -0.792. The molecule has 3 heteroatoms. The van der Waals surface area contributed by atoms with Crippen molar-refractivity contribution in [2.45, 2.75) is 26.7 Å². The molecule has 0 fully saturated rings. The van der Waals surface area contributed by atoms with Crippen molar-refractivity contribution in [1.82, 2.24) is 0 Å². The van der Waals surface area contributed by atoms with Crippen LogP contribution in [0.2, 0.25) is 0 Å². The van der Waals surface area contributed by atoms with Crippen LogP contribution in [0, 0.1) is 6.92 Å². The van der Waals surface area contributed by atoms with E-state index in [1.165, 1.54) is 0 Å². The minimum absolute atomic E-state index is 0.0816. The highest BCUT2D eigenvalue weighted by atomic mass is 79.9. The first-order chi connectivity index (χ1) is 7.54. The van der Waals surface area contributed by atoms with Crippen molar-refractivity contribution in [2.75, 3.05) is 0 Å². The van der Waals surface area contributed by atoms with Crippen LogP contribution in [-0.4, -0.2) is 11.1 Å². The second-order valence-corrected chi connectivity index (χ2v) is 4.50. The second-order valence-electron chi connectivity index (χ2n) is 3.64. The first-order valence-electron chi connectivity index (χ1n) is 5.22. The average molecular weight is 283 g/mol. The van der Waals surface area contributed by atoms with Crippen molar-refractivity contribution in [1.29, 1.82) is 0 Å². The number of benzene rings is 1. The lowest BCUT2D eigenvalue weighted by Crippen LogP contribution is -1.92. The molecule has 1 aromatic rings. The molecular weight excluding hydrogens is 268 g/mol. The van der Waals surface area contributed by atoms with Crippen molar-refractivity contribution in [3.63, 3.8) is 0 Å². The number of aryl methyl sites for hydroxylation is 1. The molecule has 0 aliphatic heterocycles. The van der Waals surface area contributed by atoms with Gasteiger partial charge in [0.25, 0.3) is 0 Å². The Bertz CT molecular complexity index is 422. The standard InChI is InChI=1S/C13H15BrO2/c1-3-10(5-7-13(15)16)11-4-6-12(14)9(2)8-11/h4-6,8H,3,7H2,1-2H3,(H,15,16)/b10-5+. The molecule has 0 saturated heterocycles. The van der Waals surface area contributed by atoms with E-state index >= 15 is 0 Å². The molecule has 0 bridgehead atoms. The molecule has 0 aliphatic rings. The summed E-state index contributed by atoms with van der Waals surface area (Å²) in [7, 11) is 0.